The number of nitrogens with one attached hydrogen (secondary N) is 2. The molecule has 0 radical (unpaired) electrons. The van der Waals surface area contributed by atoms with Gasteiger partial charge in [-0.05, 0) is 11.6 Å². The smallest absolute Gasteiger partial charge is 0.423 e. The zero-order chi connectivity index (χ0) is 19.7. The molecule has 27 heavy (non-hydrogen) atoms. The van der Waals surface area contributed by atoms with Gasteiger partial charge in [0.2, 0.25) is 5.96 Å². The van der Waals surface area contributed by atoms with Gasteiger partial charge in [-0.25, -0.2) is 14.4 Å². The number of pyridine rings is 1. The van der Waals surface area contributed by atoms with E-state index in [2.05, 4.69) is 20.6 Å². The second-order valence-corrected chi connectivity index (χ2v) is 5.56. The SMILES string of the molecule is N#CNC1=NC(c2ccc(F)c(B(O)O)c2)c2c(nc(N)c(C#N)c2N)N1. The molecule has 8 N–H and O–H groups in total. The summed E-state index contributed by atoms with van der Waals surface area (Å²) in [5.41, 5.74) is 12.1. The van der Waals surface area contributed by atoms with Crippen LogP contribution < -0.4 is 27.6 Å². The zero-order valence-corrected chi connectivity index (χ0v) is 13.6. The molecule has 1 aromatic carbocycles. The maximum atomic E-state index is 13.8. The first kappa shape index (κ1) is 17.9. The number of hydrogen-bond donors (Lipinski definition) is 6. The Morgan fingerprint density at radius 2 is 2.04 bits per heavy atom. The Balaban J connectivity index is 2.25. The average Bonchev–Trinajstić information content (AvgIpc) is 2.61. The van der Waals surface area contributed by atoms with Crippen LogP contribution in [0.5, 0.6) is 0 Å². The number of aliphatic imine (C=N–C) groups is 1. The topological polar surface area (TPSA) is 189 Å². The summed E-state index contributed by atoms with van der Waals surface area (Å²) < 4.78 is 13.8. The highest BCUT2D eigenvalue weighted by atomic mass is 19.1. The Morgan fingerprint density at radius 3 is 2.67 bits per heavy atom. The summed E-state index contributed by atoms with van der Waals surface area (Å²) in [6, 6.07) is 4.58. The van der Waals surface area contributed by atoms with E-state index in [1.54, 1.807) is 6.19 Å². The molecule has 0 spiro atoms. The minimum absolute atomic E-state index is 0.0210. The molecule has 1 aliphatic rings. The highest BCUT2D eigenvalue weighted by Crippen LogP contribution is 2.40. The molecule has 0 aliphatic carbocycles. The summed E-state index contributed by atoms with van der Waals surface area (Å²) in [6.07, 6.45) is 1.70. The normalized spacial score (nSPS) is 14.9. The minimum atomic E-state index is -2.04. The van der Waals surface area contributed by atoms with Crippen molar-refractivity contribution < 1.29 is 14.4 Å². The van der Waals surface area contributed by atoms with Crippen LogP contribution in [0.1, 0.15) is 22.7 Å². The van der Waals surface area contributed by atoms with Gasteiger partial charge in [0.05, 0.1) is 5.69 Å². The molecule has 10 nitrogen and oxygen atoms in total. The van der Waals surface area contributed by atoms with Gasteiger partial charge in [-0.1, -0.05) is 12.1 Å². The first-order valence-corrected chi connectivity index (χ1v) is 7.51. The monoisotopic (exact) mass is 366 g/mol. The highest BCUT2D eigenvalue weighted by molar-refractivity contribution is 6.58. The van der Waals surface area contributed by atoms with Crippen molar-refractivity contribution in [1.29, 1.82) is 10.5 Å². The molecule has 3 rings (SSSR count). The van der Waals surface area contributed by atoms with Crippen LogP contribution in [0.15, 0.2) is 23.2 Å². The van der Waals surface area contributed by atoms with Crippen LogP contribution in [0.25, 0.3) is 0 Å². The van der Waals surface area contributed by atoms with Gasteiger partial charge >= 0.3 is 7.12 Å². The second kappa shape index (κ2) is 6.80. The summed E-state index contributed by atoms with van der Waals surface area (Å²) in [4.78, 5) is 8.38. The van der Waals surface area contributed by atoms with Gasteiger partial charge in [0.1, 0.15) is 35.1 Å². The van der Waals surface area contributed by atoms with Crippen molar-refractivity contribution in [2.45, 2.75) is 6.04 Å². The van der Waals surface area contributed by atoms with Gasteiger partial charge in [-0.15, -0.1) is 0 Å². The van der Waals surface area contributed by atoms with Crippen LogP contribution >= 0.6 is 0 Å². The van der Waals surface area contributed by atoms with Gasteiger partial charge in [0.15, 0.2) is 6.19 Å². The maximum absolute atomic E-state index is 13.8. The summed E-state index contributed by atoms with van der Waals surface area (Å²) in [5, 5.41) is 41.9. The number of nitrogens with two attached hydrogens (primary N) is 2. The first-order chi connectivity index (χ1) is 12.9. The molecule has 0 amide bonds. The van der Waals surface area contributed by atoms with E-state index in [-0.39, 0.29) is 39.9 Å². The van der Waals surface area contributed by atoms with Gasteiger partial charge < -0.3 is 26.8 Å². The van der Waals surface area contributed by atoms with Crippen molar-refractivity contribution in [2.75, 3.05) is 16.8 Å². The van der Waals surface area contributed by atoms with Crippen LogP contribution in [0, 0.1) is 28.6 Å². The fraction of sp³-hybridized carbons (Fsp3) is 0.0667. The fourth-order valence-corrected chi connectivity index (χ4v) is 2.75. The number of nitrogen functional groups attached to an aromatic ring is 2. The van der Waals surface area contributed by atoms with E-state index in [0.717, 1.165) is 6.07 Å². The Morgan fingerprint density at radius 1 is 1.30 bits per heavy atom. The van der Waals surface area contributed by atoms with Crippen molar-refractivity contribution in [2.24, 2.45) is 4.99 Å². The second-order valence-electron chi connectivity index (χ2n) is 5.56. The third kappa shape index (κ3) is 3.06. The van der Waals surface area contributed by atoms with Crippen molar-refractivity contribution >= 4 is 35.9 Å². The van der Waals surface area contributed by atoms with Crippen LogP contribution in [-0.2, 0) is 0 Å². The summed E-state index contributed by atoms with van der Waals surface area (Å²) in [7, 11) is -2.04. The van der Waals surface area contributed by atoms with Gasteiger partial charge in [-0.3, -0.25) is 5.32 Å². The number of fused-ring (bicyclic) bond motifs is 1. The van der Waals surface area contributed by atoms with E-state index in [9.17, 15) is 19.7 Å². The highest BCUT2D eigenvalue weighted by Gasteiger charge is 2.30. The number of anilines is 3. The molecule has 1 aromatic heterocycles. The summed E-state index contributed by atoms with van der Waals surface area (Å²) in [5.74, 6) is -0.731. The summed E-state index contributed by atoms with van der Waals surface area (Å²) >= 11 is 0. The third-order valence-corrected chi connectivity index (χ3v) is 3.97. The molecule has 0 bridgehead atoms. The molecular formula is C15H12BFN8O2. The Hall–Kier alpha value is -3.87. The standard InChI is InChI=1S/C15H12BFN8O2/c17-9-2-1-6(3-8(9)16(26)27)12-10-11(20)7(4-18)13(21)24-14(10)25-15(23-12)22-5-19/h1-3,12,26-27H,(H6,20,21,22,23,24,25). The summed E-state index contributed by atoms with van der Waals surface area (Å²) in [6.45, 7) is 0. The lowest BCUT2D eigenvalue weighted by Gasteiger charge is -2.26. The number of rotatable bonds is 2. The minimum Gasteiger partial charge on any atom is -0.423 e. The molecule has 0 saturated heterocycles. The van der Waals surface area contributed by atoms with E-state index in [1.165, 1.54) is 12.1 Å². The Kier molecular flexibility index (Phi) is 4.52. The molecule has 1 atom stereocenters. The number of hydrogen-bond acceptors (Lipinski definition) is 10. The largest absolute Gasteiger partial charge is 0.491 e. The van der Waals surface area contributed by atoms with Gasteiger partial charge in [0, 0.05) is 11.0 Å². The molecule has 2 heterocycles. The number of nitrogens with zero attached hydrogens (tertiary/aromatic N) is 4. The number of benzene rings is 1. The van der Waals surface area contributed by atoms with Crippen molar-refractivity contribution in [1.82, 2.24) is 10.3 Å². The van der Waals surface area contributed by atoms with E-state index in [0.29, 0.717) is 5.56 Å². The van der Waals surface area contributed by atoms with E-state index in [1.807, 2.05) is 6.07 Å². The molecule has 1 unspecified atom stereocenters. The Bertz CT molecular complexity index is 1040. The van der Waals surface area contributed by atoms with E-state index in [4.69, 9.17) is 16.7 Å². The van der Waals surface area contributed by atoms with Crippen LogP contribution in [0.4, 0.5) is 21.7 Å². The maximum Gasteiger partial charge on any atom is 0.491 e. The average molecular weight is 366 g/mol. The molecule has 12 heteroatoms. The lowest BCUT2D eigenvalue weighted by atomic mass is 9.78. The number of aromatic nitrogens is 1. The number of nitriles is 2. The molecule has 134 valence electrons. The molecule has 1 aliphatic heterocycles. The third-order valence-electron chi connectivity index (χ3n) is 3.97. The van der Waals surface area contributed by atoms with E-state index < -0.39 is 19.0 Å². The van der Waals surface area contributed by atoms with Crippen molar-refractivity contribution in [3.05, 3.63) is 40.7 Å². The molecule has 0 saturated carbocycles. The first-order valence-electron chi connectivity index (χ1n) is 7.51. The van der Waals surface area contributed by atoms with Gasteiger partial charge in [0.25, 0.3) is 0 Å². The predicted octanol–water partition coefficient (Wildman–Crippen LogP) is -1.12. The van der Waals surface area contributed by atoms with Crippen LogP contribution in [-0.4, -0.2) is 28.1 Å². The molecular weight excluding hydrogens is 354 g/mol. The predicted molar refractivity (Wildman–Crippen MR) is 95.7 cm³/mol. The van der Waals surface area contributed by atoms with Gasteiger partial charge in [-0.2, -0.15) is 10.5 Å². The van der Waals surface area contributed by atoms with E-state index >= 15 is 0 Å². The quantitative estimate of drug-likeness (QED) is 0.217. The van der Waals surface area contributed by atoms with Crippen LogP contribution in [0.3, 0.4) is 0 Å². The van der Waals surface area contributed by atoms with Crippen molar-refractivity contribution in [3.8, 4) is 12.3 Å². The van der Waals surface area contributed by atoms with Crippen LogP contribution in [0.2, 0.25) is 0 Å². The van der Waals surface area contributed by atoms with Crippen molar-refractivity contribution in [3.63, 3.8) is 0 Å². The number of halogens is 1. The fourth-order valence-electron chi connectivity index (χ4n) is 2.75. The lowest BCUT2D eigenvalue weighted by Crippen LogP contribution is -2.35. The Labute approximate surface area is 152 Å². The number of guanidine groups is 1. The lowest BCUT2D eigenvalue weighted by molar-refractivity contribution is 0.423. The molecule has 2 aromatic rings. The zero-order valence-electron chi connectivity index (χ0n) is 13.6. The molecule has 0 fully saturated rings.